The third-order valence-corrected chi connectivity index (χ3v) is 5.21. The van der Waals surface area contributed by atoms with Crippen molar-refractivity contribution in [3.63, 3.8) is 0 Å². The number of hydrogen-bond acceptors (Lipinski definition) is 3. The number of carboxylic acids is 1. The molecule has 1 aliphatic heterocycles. The van der Waals surface area contributed by atoms with Gasteiger partial charge in [-0.25, -0.2) is 4.79 Å². The second-order valence-corrected chi connectivity index (χ2v) is 7.12. The number of likely N-dealkylation sites (tertiary alicyclic amines) is 1. The molecule has 0 saturated carbocycles. The van der Waals surface area contributed by atoms with E-state index in [2.05, 4.69) is 0 Å². The zero-order valence-corrected chi connectivity index (χ0v) is 13.0. The van der Waals surface area contributed by atoms with E-state index in [1.807, 2.05) is 32.9 Å². The molecule has 4 nitrogen and oxygen atoms in total. The molecular weight excluding hydrogens is 274 g/mol. The molecule has 0 aromatic carbocycles. The minimum atomic E-state index is -0.907. The average Bonchev–Trinajstić information content (AvgIpc) is 2.84. The van der Waals surface area contributed by atoms with E-state index in [-0.39, 0.29) is 11.3 Å². The van der Waals surface area contributed by atoms with Crippen molar-refractivity contribution in [2.24, 2.45) is 5.41 Å². The summed E-state index contributed by atoms with van der Waals surface area (Å²) in [6.45, 7) is 6.43. The lowest BCUT2D eigenvalue weighted by Gasteiger charge is -2.43. The number of piperidine rings is 1. The molecule has 1 aromatic heterocycles. The first-order valence-electron chi connectivity index (χ1n) is 6.99. The normalized spacial score (nSPS) is 21.8. The molecule has 1 atom stereocenters. The van der Waals surface area contributed by atoms with Crippen LogP contribution in [0.15, 0.2) is 12.1 Å². The summed E-state index contributed by atoms with van der Waals surface area (Å²) in [6, 6.07) is 3.02. The number of aliphatic carboxylic acids is 1. The topological polar surface area (TPSA) is 57.6 Å². The quantitative estimate of drug-likeness (QED) is 0.932. The minimum absolute atomic E-state index is 0.144. The Bertz CT molecular complexity index is 521. The summed E-state index contributed by atoms with van der Waals surface area (Å²) in [4.78, 5) is 27.5. The Morgan fingerprint density at radius 1 is 1.45 bits per heavy atom. The fraction of sp³-hybridized carbons (Fsp3) is 0.600. The van der Waals surface area contributed by atoms with Crippen molar-refractivity contribution in [3.8, 4) is 0 Å². The maximum absolute atomic E-state index is 12.6. The Labute approximate surface area is 123 Å². The van der Waals surface area contributed by atoms with Crippen molar-refractivity contribution in [3.05, 3.63) is 21.9 Å². The average molecular weight is 295 g/mol. The van der Waals surface area contributed by atoms with Gasteiger partial charge in [0.15, 0.2) is 0 Å². The van der Waals surface area contributed by atoms with Crippen molar-refractivity contribution in [2.45, 2.75) is 46.1 Å². The van der Waals surface area contributed by atoms with E-state index >= 15 is 0 Å². The van der Waals surface area contributed by atoms with Gasteiger partial charge in [0.05, 0.1) is 4.88 Å². The zero-order chi connectivity index (χ0) is 14.9. The molecule has 110 valence electrons. The van der Waals surface area contributed by atoms with Crippen LogP contribution in [-0.2, 0) is 11.2 Å². The number of aryl methyl sites for hydroxylation is 1. The Balaban J connectivity index is 2.29. The van der Waals surface area contributed by atoms with Gasteiger partial charge in [-0.3, -0.25) is 4.79 Å². The SMILES string of the molecule is CCc1ccc(C(=O)N2CCCC(C)(C)C2C(=O)O)s1. The molecule has 0 bridgehead atoms. The summed E-state index contributed by atoms with van der Waals surface area (Å²) in [7, 11) is 0. The highest BCUT2D eigenvalue weighted by Crippen LogP contribution is 2.36. The Hall–Kier alpha value is -1.36. The van der Waals surface area contributed by atoms with E-state index in [9.17, 15) is 14.7 Å². The molecule has 1 aromatic rings. The van der Waals surface area contributed by atoms with Crippen LogP contribution in [0.5, 0.6) is 0 Å². The number of amides is 1. The summed E-state index contributed by atoms with van der Waals surface area (Å²) in [6.07, 6.45) is 2.58. The summed E-state index contributed by atoms with van der Waals surface area (Å²) in [5.74, 6) is -1.05. The molecule has 1 saturated heterocycles. The molecule has 2 rings (SSSR count). The lowest BCUT2D eigenvalue weighted by molar-refractivity contribution is -0.148. The van der Waals surface area contributed by atoms with Crippen LogP contribution >= 0.6 is 11.3 Å². The van der Waals surface area contributed by atoms with E-state index in [4.69, 9.17) is 0 Å². The fourth-order valence-corrected chi connectivity index (χ4v) is 3.81. The second kappa shape index (κ2) is 5.56. The van der Waals surface area contributed by atoms with Gasteiger partial charge in [-0.1, -0.05) is 20.8 Å². The van der Waals surface area contributed by atoms with E-state index in [0.29, 0.717) is 11.4 Å². The van der Waals surface area contributed by atoms with Crippen LogP contribution in [0.3, 0.4) is 0 Å². The largest absolute Gasteiger partial charge is 0.480 e. The molecule has 1 aliphatic rings. The number of carbonyl (C=O) groups excluding carboxylic acids is 1. The molecule has 0 radical (unpaired) electrons. The number of thiophene rings is 1. The smallest absolute Gasteiger partial charge is 0.326 e. The molecule has 0 aliphatic carbocycles. The summed E-state index contributed by atoms with van der Waals surface area (Å²) in [5.41, 5.74) is -0.384. The van der Waals surface area contributed by atoms with Gasteiger partial charge in [0.1, 0.15) is 6.04 Å². The molecule has 20 heavy (non-hydrogen) atoms. The predicted octanol–water partition coefficient (Wildman–Crippen LogP) is 3.03. The molecule has 1 amide bonds. The lowest BCUT2D eigenvalue weighted by Crippen LogP contribution is -2.56. The summed E-state index contributed by atoms with van der Waals surface area (Å²) >= 11 is 1.46. The van der Waals surface area contributed by atoms with Gasteiger partial charge in [0.2, 0.25) is 0 Å². The predicted molar refractivity (Wildman–Crippen MR) is 79.2 cm³/mol. The van der Waals surface area contributed by atoms with Crippen molar-refractivity contribution >= 4 is 23.2 Å². The standard InChI is InChI=1S/C15H21NO3S/c1-4-10-6-7-11(20-10)13(17)16-9-5-8-15(2,3)12(16)14(18)19/h6-7,12H,4-5,8-9H2,1-3H3,(H,18,19). The second-order valence-electron chi connectivity index (χ2n) is 5.95. The van der Waals surface area contributed by atoms with Crippen molar-refractivity contribution in [2.75, 3.05) is 6.54 Å². The summed E-state index contributed by atoms with van der Waals surface area (Å²) < 4.78 is 0. The van der Waals surface area contributed by atoms with Crippen LogP contribution in [0.25, 0.3) is 0 Å². The molecule has 1 N–H and O–H groups in total. The number of carboxylic acid groups (broad SMARTS) is 1. The van der Waals surface area contributed by atoms with Crippen LogP contribution in [0, 0.1) is 5.41 Å². The highest BCUT2D eigenvalue weighted by Gasteiger charge is 2.44. The van der Waals surface area contributed by atoms with Gasteiger partial charge >= 0.3 is 5.97 Å². The molecule has 5 heteroatoms. The van der Waals surface area contributed by atoms with Crippen LogP contribution in [0.2, 0.25) is 0 Å². The first-order valence-corrected chi connectivity index (χ1v) is 7.81. The zero-order valence-electron chi connectivity index (χ0n) is 12.2. The molecule has 0 spiro atoms. The number of hydrogen-bond donors (Lipinski definition) is 1. The maximum Gasteiger partial charge on any atom is 0.326 e. The minimum Gasteiger partial charge on any atom is -0.480 e. The van der Waals surface area contributed by atoms with E-state index in [1.165, 1.54) is 16.2 Å². The Kier molecular flexibility index (Phi) is 4.18. The van der Waals surface area contributed by atoms with Crippen LogP contribution < -0.4 is 0 Å². The van der Waals surface area contributed by atoms with Gasteiger partial charge in [0.25, 0.3) is 5.91 Å². The summed E-state index contributed by atoms with van der Waals surface area (Å²) in [5, 5.41) is 9.50. The van der Waals surface area contributed by atoms with E-state index in [0.717, 1.165) is 24.1 Å². The van der Waals surface area contributed by atoms with Crippen LogP contribution in [-0.4, -0.2) is 34.5 Å². The van der Waals surface area contributed by atoms with Gasteiger partial charge in [-0.2, -0.15) is 0 Å². The number of carbonyl (C=O) groups is 2. The molecular formula is C15H21NO3S. The van der Waals surface area contributed by atoms with Gasteiger partial charge in [0, 0.05) is 11.4 Å². The van der Waals surface area contributed by atoms with E-state index in [1.54, 1.807) is 0 Å². The molecule has 2 heterocycles. The van der Waals surface area contributed by atoms with E-state index < -0.39 is 12.0 Å². The van der Waals surface area contributed by atoms with Gasteiger partial charge < -0.3 is 10.0 Å². The lowest BCUT2D eigenvalue weighted by atomic mass is 9.76. The number of rotatable bonds is 3. The van der Waals surface area contributed by atoms with Gasteiger partial charge in [-0.05, 0) is 36.8 Å². The van der Waals surface area contributed by atoms with Crippen molar-refractivity contribution in [1.29, 1.82) is 0 Å². The highest BCUT2D eigenvalue weighted by molar-refractivity contribution is 7.14. The van der Waals surface area contributed by atoms with Crippen molar-refractivity contribution < 1.29 is 14.7 Å². The Morgan fingerprint density at radius 2 is 2.15 bits per heavy atom. The van der Waals surface area contributed by atoms with Crippen LogP contribution in [0.1, 0.15) is 48.2 Å². The van der Waals surface area contributed by atoms with Crippen molar-refractivity contribution in [1.82, 2.24) is 4.90 Å². The first kappa shape index (κ1) is 15.0. The fourth-order valence-electron chi connectivity index (χ4n) is 2.90. The third-order valence-electron chi connectivity index (χ3n) is 3.99. The number of nitrogens with zero attached hydrogens (tertiary/aromatic N) is 1. The molecule has 1 unspecified atom stereocenters. The molecule has 1 fully saturated rings. The first-order chi connectivity index (χ1) is 9.36. The highest BCUT2D eigenvalue weighted by atomic mass is 32.1. The third kappa shape index (κ3) is 2.73. The Morgan fingerprint density at radius 3 is 2.70 bits per heavy atom. The van der Waals surface area contributed by atoms with Gasteiger partial charge in [-0.15, -0.1) is 11.3 Å². The maximum atomic E-state index is 12.6. The monoisotopic (exact) mass is 295 g/mol. The van der Waals surface area contributed by atoms with Crippen LogP contribution in [0.4, 0.5) is 0 Å².